The molecular weight excluding hydrogens is 389 g/mol. The van der Waals surface area contributed by atoms with Crippen LogP contribution in [0.4, 0.5) is 19.0 Å². The topological polar surface area (TPSA) is 41.9 Å². The van der Waals surface area contributed by atoms with Gasteiger partial charge >= 0.3 is 6.18 Å². The number of halogens is 3. The van der Waals surface area contributed by atoms with Crippen LogP contribution in [0.1, 0.15) is 17.2 Å². The van der Waals surface area contributed by atoms with Crippen LogP contribution in [0.25, 0.3) is 22.2 Å². The first-order valence-electron chi connectivity index (χ1n) is 9.58. The molecule has 0 bridgehead atoms. The normalized spacial score (nSPS) is 14.7. The van der Waals surface area contributed by atoms with Gasteiger partial charge in [-0.3, -0.25) is 9.97 Å². The largest absolute Gasteiger partial charge is 0.416 e. The standard InChI is InChI=1S/C23H17F3N4/c24-23(25,26)18-8-5-16(6-9-18)21-22(28-12-11-27-21)17-13-30(14-17)20-10-7-15-3-1-2-4-19(15)29-20/h1-12,17H,13-14H2. The predicted molar refractivity (Wildman–Crippen MR) is 109 cm³/mol. The molecular formula is C23H17F3N4. The summed E-state index contributed by atoms with van der Waals surface area (Å²) in [5.74, 6) is 1.05. The van der Waals surface area contributed by atoms with Gasteiger partial charge in [0.2, 0.25) is 0 Å². The molecule has 0 aliphatic carbocycles. The molecule has 0 saturated carbocycles. The zero-order valence-corrected chi connectivity index (χ0v) is 15.8. The molecule has 1 fully saturated rings. The second-order valence-corrected chi connectivity index (χ2v) is 7.33. The van der Waals surface area contributed by atoms with Crippen molar-refractivity contribution in [3.05, 3.63) is 84.3 Å². The lowest BCUT2D eigenvalue weighted by Crippen LogP contribution is -2.46. The molecule has 2 aromatic carbocycles. The maximum atomic E-state index is 12.9. The smallest absolute Gasteiger partial charge is 0.355 e. The third-order valence-corrected chi connectivity index (χ3v) is 5.39. The van der Waals surface area contributed by atoms with Gasteiger partial charge in [-0.05, 0) is 30.3 Å². The van der Waals surface area contributed by atoms with Gasteiger partial charge in [0.05, 0.1) is 22.5 Å². The van der Waals surface area contributed by atoms with Crippen molar-refractivity contribution in [1.29, 1.82) is 0 Å². The summed E-state index contributed by atoms with van der Waals surface area (Å²) in [4.78, 5) is 15.8. The van der Waals surface area contributed by atoms with E-state index in [0.29, 0.717) is 11.3 Å². The van der Waals surface area contributed by atoms with E-state index in [9.17, 15) is 13.2 Å². The molecule has 0 radical (unpaired) electrons. The maximum Gasteiger partial charge on any atom is 0.416 e. The van der Waals surface area contributed by atoms with Crippen molar-refractivity contribution in [3.63, 3.8) is 0 Å². The van der Waals surface area contributed by atoms with Gasteiger partial charge in [-0.1, -0.05) is 30.3 Å². The molecule has 3 heterocycles. The van der Waals surface area contributed by atoms with Gasteiger partial charge in [0.1, 0.15) is 5.82 Å². The van der Waals surface area contributed by atoms with E-state index in [4.69, 9.17) is 4.98 Å². The number of hydrogen-bond acceptors (Lipinski definition) is 4. The molecule has 1 aliphatic rings. The molecule has 0 spiro atoms. The van der Waals surface area contributed by atoms with Gasteiger partial charge in [0.25, 0.3) is 0 Å². The Hall–Kier alpha value is -3.48. The van der Waals surface area contributed by atoms with Crippen LogP contribution in [-0.2, 0) is 6.18 Å². The van der Waals surface area contributed by atoms with E-state index < -0.39 is 11.7 Å². The SMILES string of the molecule is FC(F)(F)c1ccc(-c2nccnc2C2CN(c3ccc4ccccc4n3)C2)cc1. The molecule has 0 unspecified atom stereocenters. The molecule has 5 rings (SSSR count). The van der Waals surface area contributed by atoms with Crippen molar-refractivity contribution in [3.8, 4) is 11.3 Å². The molecule has 0 amide bonds. The van der Waals surface area contributed by atoms with E-state index in [0.717, 1.165) is 47.6 Å². The number of rotatable bonds is 3. The van der Waals surface area contributed by atoms with Crippen LogP contribution in [0, 0.1) is 0 Å². The van der Waals surface area contributed by atoms with Crippen molar-refractivity contribution in [1.82, 2.24) is 15.0 Å². The monoisotopic (exact) mass is 406 g/mol. The van der Waals surface area contributed by atoms with Gasteiger partial charge in [-0.2, -0.15) is 13.2 Å². The van der Waals surface area contributed by atoms with Crippen LogP contribution in [0.3, 0.4) is 0 Å². The van der Waals surface area contributed by atoms with Crippen LogP contribution < -0.4 is 4.90 Å². The molecule has 1 saturated heterocycles. The van der Waals surface area contributed by atoms with Crippen molar-refractivity contribution in [2.45, 2.75) is 12.1 Å². The minimum Gasteiger partial charge on any atom is -0.355 e. The number of alkyl halides is 3. The van der Waals surface area contributed by atoms with Crippen LogP contribution >= 0.6 is 0 Å². The Morgan fingerprint density at radius 2 is 1.57 bits per heavy atom. The number of anilines is 1. The predicted octanol–water partition coefficient (Wildman–Crippen LogP) is 5.31. The first kappa shape index (κ1) is 18.5. The van der Waals surface area contributed by atoms with Gasteiger partial charge < -0.3 is 4.90 Å². The highest BCUT2D eigenvalue weighted by Gasteiger charge is 2.33. The lowest BCUT2D eigenvalue weighted by molar-refractivity contribution is -0.137. The van der Waals surface area contributed by atoms with Crippen molar-refractivity contribution in [2.75, 3.05) is 18.0 Å². The van der Waals surface area contributed by atoms with Crippen LogP contribution in [0.5, 0.6) is 0 Å². The Balaban J connectivity index is 1.37. The van der Waals surface area contributed by atoms with E-state index in [1.807, 2.05) is 30.3 Å². The summed E-state index contributed by atoms with van der Waals surface area (Å²) < 4.78 is 38.6. The number of hydrogen-bond donors (Lipinski definition) is 0. The average Bonchev–Trinajstić information content (AvgIpc) is 2.72. The second kappa shape index (κ2) is 7.09. The molecule has 30 heavy (non-hydrogen) atoms. The number of nitrogens with zero attached hydrogens (tertiary/aromatic N) is 4. The zero-order chi connectivity index (χ0) is 20.7. The van der Waals surface area contributed by atoms with Crippen LogP contribution in [0.2, 0.25) is 0 Å². The van der Waals surface area contributed by atoms with Crippen molar-refractivity contribution in [2.24, 2.45) is 0 Å². The first-order valence-corrected chi connectivity index (χ1v) is 9.58. The zero-order valence-electron chi connectivity index (χ0n) is 15.8. The van der Waals surface area contributed by atoms with E-state index in [1.54, 1.807) is 12.4 Å². The third kappa shape index (κ3) is 3.36. The minimum absolute atomic E-state index is 0.143. The average molecular weight is 406 g/mol. The van der Waals surface area contributed by atoms with Crippen LogP contribution in [-0.4, -0.2) is 28.0 Å². The Bertz CT molecular complexity index is 1200. The quantitative estimate of drug-likeness (QED) is 0.462. The highest BCUT2D eigenvalue weighted by molar-refractivity contribution is 5.80. The van der Waals surface area contributed by atoms with E-state index in [1.165, 1.54) is 12.1 Å². The number of aromatic nitrogens is 3. The summed E-state index contributed by atoms with van der Waals surface area (Å²) in [6.45, 7) is 1.47. The fraction of sp³-hybridized carbons (Fsp3) is 0.174. The molecule has 0 atom stereocenters. The van der Waals surface area contributed by atoms with Gasteiger partial charge in [-0.15, -0.1) is 0 Å². The lowest BCUT2D eigenvalue weighted by atomic mass is 9.92. The van der Waals surface area contributed by atoms with E-state index >= 15 is 0 Å². The summed E-state index contributed by atoms with van der Waals surface area (Å²) >= 11 is 0. The highest BCUT2D eigenvalue weighted by Crippen LogP contribution is 2.36. The summed E-state index contributed by atoms with van der Waals surface area (Å²) in [5, 5.41) is 1.09. The lowest BCUT2D eigenvalue weighted by Gasteiger charge is -2.40. The van der Waals surface area contributed by atoms with Gasteiger partial charge in [0.15, 0.2) is 0 Å². The summed E-state index contributed by atoms with van der Waals surface area (Å²) in [7, 11) is 0. The Labute approximate surface area is 171 Å². The van der Waals surface area contributed by atoms with Gasteiger partial charge in [-0.25, -0.2) is 4.98 Å². The number of pyridine rings is 1. The third-order valence-electron chi connectivity index (χ3n) is 5.39. The molecule has 4 nitrogen and oxygen atoms in total. The Morgan fingerprint density at radius 1 is 0.833 bits per heavy atom. The summed E-state index contributed by atoms with van der Waals surface area (Å²) in [6.07, 6.45) is -1.16. The fourth-order valence-corrected chi connectivity index (χ4v) is 3.76. The molecule has 4 aromatic rings. The number of benzene rings is 2. The molecule has 2 aromatic heterocycles. The van der Waals surface area contributed by atoms with E-state index in [-0.39, 0.29) is 5.92 Å². The summed E-state index contributed by atoms with van der Waals surface area (Å²) in [5.41, 5.74) is 2.34. The highest BCUT2D eigenvalue weighted by atomic mass is 19.4. The summed E-state index contributed by atoms with van der Waals surface area (Å²) in [6, 6.07) is 17.1. The fourth-order valence-electron chi connectivity index (χ4n) is 3.76. The van der Waals surface area contributed by atoms with Crippen molar-refractivity contribution < 1.29 is 13.2 Å². The Morgan fingerprint density at radius 3 is 2.33 bits per heavy atom. The number of para-hydroxylation sites is 1. The van der Waals surface area contributed by atoms with E-state index in [2.05, 4.69) is 20.9 Å². The maximum absolute atomic E-state index is 12.9. The molecule has 1 aliphatic heterocycles. The van der Waals surface area contributed by atoms with Crippen LogP contribution in [0.15, 0.2) is 73.1 Å². The second-order valence-electron chi connectivity index (χ2n) is 7.33. The molecule has 150 valence electrons. The Kier molecular flexibility index (Phi) is 4.38. The minimum atomic E-state index is -4.36. The van der Waals surface area contributed by atoms with Gasteiger partial charge in [0, 0.05) is 42.4 Å². The molecule has 0 N–H and O–H groups in total. The number of fused-ring (bicyclic) bond motifs is 1. The molecule has 7 heteroatoms. The van der Waals surface area contributed by atoms with Crippen molar-refractivity contribution >= 4 is 16.7 Å². The first-order chi connectivity index (χ1) is 14.5.